The van der Waals surface area contributed by atoms with Gasteiger partial charge >= 0.3 is 0 Å². The van der Waals surface area contributed by atoms with Crippen molar-refractivity contribution in [3.8, 4) is 11.1 Å². The summed E-state index contributed by atoms with van der Waals surface area (Å²) >= 11 is 0. The fourth-order valence-corrected chi connectivity index (χ4v) is 9.12. The molecule has 0 unspecified atom stereocenters. The van der Waals surface area contributed by atoms with Crippen LogP contribution in [0.15, 0.2) is 128 Å². The number of pyridine rings is 1. The van der Waals surface area contributed by atoms with E-state index in [0.717, 1.165) is 0 Å². The fourth-order valence-electron chi connectivity index (χ4n) is 9.12. The minimum absolute atomic E-state index is 0.149. The van der Waals surface area contributed by atoms with Crippen molar-refractivity contribution in [2.75, 3.05) is 0 Å². The molecule has 0 saturated heterocycles. The molecular weight excluding hydrogens is 590 g/mol. The first-order valence-corrected chi connectivity index (χ1v) is 17.5. The Labute approximate surface area is 289 Å². The third kappa shape index (κ3) is 4.40. The van der Waals surface area contributed by atoms with Crippen molar-refractivity contribution < 1.29 is 4.57 Å². The molecule has 0 amide bonds. The van der Waals surface area contributed by atoms with Crippen molar-refractivity contribution in [1.29, 1.82) is 0 Å². The summed E-state index contributed by atoms with van der Waals surface area (Å²) in [7, 11) is 2.15. The molecule has 9 rings (SSSR count). The smallest absolute Gasteiger partial charge is 0.232 e. The molecule has 8 aromatic rings. The zero-order valence-corrected chi connectivity index (χ0v) is 29.2. The van der Waals surface area contributed by atoms with Crippen LogP contribution >= 0.6 is 0 Å². The van der Waals surface area contributed by atoms with Crippen molar-refractivity contribution in [3.05, 3.63) is 155 Å². The lowest BCUT2D eigenvalue weighted by atomic mass is 9.20. The van der Waals surface area contributed by atoms with E-state index in [1.165, 1.54) is 99.0 Å². The Kier molecular flexibility index (Phi) is 6.75. The standard InChI is InChI=1S/C45H39B2N2/c1-28-12-11-17-36-35-22-20-34(27-41(35)49-25-24-48(6)45(49)42(28)36)33-21-23-39-40(26-33)47(44-31(4)15-10-16-32(44)5)38-19-8-7-18-37(38)46(39)43-29(2)13-9-14-30(43)3/h7-27H,1-6H3/q+1. The summed E-state index contributed by atoms with van der Waals surface area (Å²) in [6.45, 7) is 11.7. The molecular formula is C45H39B2N2+. The maximum atomic E-state index is 2.52. The van der Waals surface area contributed by atoms with Crippen LogP contribution in [0.25, 0.3) is 38.4 Å². The Morgan fingerprint density at radius 2 is 1.02 bits per heavy atom. The highest BCUT2D eigenvalue weighted by Gasteiger charge is 2.40. The monoisotopic (exact) mass is 629 g/mol. The van der Waals surface area contributed by atoms with E-state index >= 15 is 0 Å². The maximum absolute atomic E-state index is 2.52. The van der Waals surface area contributed by atoms with Gasteiger partial charge in [-0.15, -0.1) is 0 Å². The van der Waals surface area contributed by atoms with Crippen LogP contribution in [0.4, 0.5) is 0 Å². The van der Waals surface area contributed by atoms with Crippen molar-refractivity contribution in [1.82, 2.24) is 4.40 Å². The summed E-state index contributed by atoms with van der Waals surface area (Å²) in [6, 6.07) is 43.8. The summed E-state index contributed by atoms with van der Waals surface area (Å²) in [5.74, 6) is 0. The molecule has 3 heterocycles. The van der Waals surface area contributed by atoms with Crippen LogP contribution in [-0.2, 0) is 7.05 Å². The van der Waals surface area contributed by atoms with Crippen LogP contribution in [0, 0.1) is 34.6 Å². The minimum atomic E-state index is 0.149. The van der Waals surface area contributed by atoms with Crippen LogP contribution in [-0.4, -0.2) is 17.8 Å². The average molecular weight is 629 g/mol. The number of aryl methyl sites for hydroxylation is 6. The second-order valence-electron chi connectivity index (χ2n) is 14.3. The van der Waals surface area contributed by atoms with Crippen LogP contribution in [0.1, 0.15) is 27.8 Å². The van der Waals surface area contributed by atoms with E-state index in [1.54, 1.807) is 0 Å². The van der Waals surface area contributed by atoms with Crippen LogP contribution in [0.3, 0.4) is 0 Å². The second-order valence-corrected chi connectivity index (χ2v) is 14.3. The van der Waals surface area contributed by atoms with Gasteiger partial charge in [0.2, 0.25) is 13.4 Å². The molecule has 0 N–H and O–H groups in total. The van der Waals surface area contributed by atoms with Crippen molar-refractivity contribution >= 4 is 73.5 Å². The van der Waals surface area contributed by atoms with Crippen LogP contribution in [0.2, 0.25) is 0 Å². The van der Waals surface area contributed by atoms with E-state index in [4.69, 9.17) is 0 Å². The van der Waals surface area contributed by atoms with Gasteiger partial charge < -0.3 is 0 Å². The topological polar surface area (TPSA) is 8.29 Å². The van der Waals surface area contributed by atoms with Crippen LogP contribution in [0.5, 0.6) is 0 Å². The van der Waals surface area contributed by atoms with Gasteiger partial charge in [0.25, 0.3) is 5.65 Å². The van der Waals surface area contributed by atoms with E-state index in [2.05, 4.69) is 178 Å². The van der Waals surface area contributed by atoms with Crippen molar-refractivity contribution in [2.24, 2.45) is 7.05 Å². The van der Waals surface area contributed by atoms with Gasteiger partial charge in [-0.25, -0.2) is 4.57 Å². The van der Waals surface area contributed by atoms with Gasteiger partial charge in [-0.05, 0) is 63.4 Å². The van der Waals surface area contributed by atoms with E-state index < -0.39 is 0 Å². The van der Waals surface area contributed by atoms with E-state index in [9.17, 15) is 0 Å². The highest BCUT2D eigenvalue weighted by molar-refractivity contribution is 7.11. The highest BCUT2D eigenvalue weighted by atomic mass is 15.1. The molecule has 2 nitrogen and oxygen atoms in total. The first kappa shape index (κ1) is 29.8. The molecule has 49 heavy (non-hydrogen) atoms. The van der Waals surface area contributed by atoms with Gasteiger partial charge in [-0.1, -0.05) is 158 Å². The Balaban J connectivity index is 1.33. The number of hydrogen-bond donors (Lipinski definition) is 0. The zero-order chi connectivity index (χ0) is 33.6. The number of aromatic nitrogens is 2. The SMILES string of the molecule is Cc1cccc(C)c1B1c2ccccc2B(c2c(C)cccc2C)c2cc(-c3ccc4c5cccc(C)c5c5n(cc[n+]5C)c4c3)ccc21. The number of hydrogen-bond acceptors (Lipinski definition) is 0. The van der Waals surface area contributed by atoms with Gasteiger partial charge in [0.05, 0.1) is 12.4 Å². The largest absolute Gasteiger partial charge is 0.294 e. The summed E-state index contributed by atoms with van der Waals surface area (Å²) < 4.78 is 4.62. The van der Waals surface area contributed by atoms with E-state index in [1.807, 2.05) is 0 Å². The quantitative estimate of drug-likeness (QED) is 0.136. The predicted molar refractivity (Wildman–Crippen MR) is 211 cm³/mol. The molecule has 0 fully saturated rings. The summed E-state index contributed by atoms with van der Waals surface area (Å²) in [5, 5.41) is 3.90. The molecule has 1 aliphatic heterocycles. The lowest BCUT2D eigenvalue weighted by molar-refractivity contribution is -0.643. The molecule has 0 atom stereocenters. The van der Waals surface area contributed by atoms with Gasteiger partial charge in [0.15, 0.2) is 0 Å². The predicted octanol–water partition coefficient (Wildman–Crippen LogP) is 5.63. The molecule has 0 aliphatic carbocycles. The number of nitrogens with zero attached hydrogens (tertiary/aromatic N) is 2. The van der Waals surface area contributed by atoms with E-state index in [-0.39, 0.29) is 13.4 Å². The number of benzene rings is 6. The number of rotatable bonds is 3. The number of fused-ring (bicyclic) bond motifs is 8. The van der Waals surface area contributed by atoms with Gasteiger partial charge in [0, 0.05) is 10.8 Å². The lowest BCUT2D eigenvalue weighted by Crippen LogP contribution is -2.75. The molecule has 234 valence electrons. The third-order valence-electron chi connectivity index (χ3n) is 11.4. The minimum Gasteiger partial charge on any atom is -0.232 e. The fraction of sp³-hybridized carbons (Fsp3) is 0.133. The molecule has 6 aromatic carbocycles. The molecule has 0 spiro atoms. The normalized spacial score (nSPS) is 12.6. The average Bonchev–Trinajstić information content (AvgIpc) is 3.49. The molecule has 1 aliphatic rings. The molecule has 2 aromatic heterocycles. The first-order valence-electron chi connectivity index (χ1n) is 17.5. The van der Waals surface area contributed by atoms with Crippen LogP contribution < -0.4 is 37.3 Å². The molecule has 0 saturated carbocycles. The summed E-state index contributed by atoms with van der Waals surface area (Å²) in [5.41, 5.74) is 20.2. The molecule has 0 radical (unpaired) electrons. The maximum Gasteiger partial charge on any atom is 0.294 e. The van der Waals surface area contributed by atoms with Gasteiger partial charge in [-0.2, -0.15) is 4.40 Å². The first-order chi connectivity index (χ1) is 23.8. The second kappa shape index (κ2) is 11.1. The Morgan fingerprint density at radius 1 is 0.490 bits per heavy atom. The number of imidazole rings is 1. The van der Waals surface area contributed by atoms with Gasteiger partial charge in [0.1, 0.15) is 17.9 Å². The summed E-state index contributed by atoms with van der Waals surface area (Å²) in [4.78, 5) is 0. The zero-order valence-electron chi connectivity index (χ0n) is 29.2. The molecule has 0 bridgehead atoms. The third-order valence-corrected chi connectivity index (χ3v) is 11.4. The van der Waals surface area contributed by atoms with Gasteiger partial charge in [-0.3, -0.25) is 0 Å². The highest BCUT2D eigenvalue weighted by Crippen LogP contribution is 2.33. The Hall–Kier alpha value is -5.34. The molecule has 4 heteroatoms. The lowest BCUT2D eigenvalue weighted by Gasteiger charge is -2.34. The Bertz CT molecular complexity index is 2610. The van der Waals surface area contributed by atoms with Crippen molar-refractivity contribution in [3.63, 3.8) is 0 Å². The summed E-state index contributed by atoms with van der Waals surface area (Å²) in [6.07, 6.45) is 4.38. The van der Waals surface area contributed by atoms with Crippen molar-refractivity contribution in [2.45, 2.75) is 34.6 Å². The van der Waals surface area contributed by atoms with E-state index in [0.29, 0.717) is 0 Å². The Morgan fingerprint density at radius 3 is 1.67 bits per heavy atom.